The number of likely N-dealkylation sites (tertiary alicyclic amines) is 1. The summed E-state index contributed by atoms with van der Waals surface area (Å²) in [5.74, 6) is 0.671. The fourth-order valence-corrected chi connectivity index (χ4v) is 2.97. The van der Waals surface area contributed by atoms with E-state index in [1.165, 1.54) is 23.1 Å². The quantitative estimate of drug-likeness (QED) is 0.888. The van der Waals surface area contributed by atoms with Gasteiger partial charge in [-0.1, -0.05) is 37.1 Å². The maximum atomic E-state index is 6.17. The van der Waals surface area contributed by atoms with E-state index >= 15 is 0 Å². The molecule has 0 spiro atoms. The highest BCUT2D eigenvalue weighted by Crippen LogP contribution is 2.21. The van der Waals surface area contributed by atoms with Crippen LogP contribution in [-0.2, 0) is 6.54 Å². The molecule has 1 aliphatic rings. The van der Waals surface area contributed by atoms with Crippen LogP contribution in [0.3, 0.4) is 0 Å². The number of aryl methyl sites for hydroxylation is 2. The minimum Gasteiger partial charge on any atom is -0.327 e. The molecule has 2 nitrogen and oxygen atoms in total. The number of benzene rings is 1. The van der Waals surface area contributed by atoms with Gasteiger partial charge in [-0.05, 0) is 43.9 Å². The molecule has 2 heteroatoms. The van der Waals surface area contributed by atoms with Crippen molar-refractivity contribution in [3.8, 4) is 0 Å². The second-order valence-corrected chi connectivity index (χ2v) is 5.79. The van der Waals surface area contributed by atoms with Crippen molar-refractivity contribution < 1.29 is 0 Å². The highest BCUT2D eigenvalue weighted by Gasteiger charge is 2.25. The molecule has 0 radical (unpaired) electrons. The van der Waals surface area contributed by atoms with E-state index < -0.39 is 0 Å². The number of piperidine rings is 1. The second-order valence-electron chi connectivity index (χ2n) is 5.79. The molecule has 18 heavy (non-hydrogen) atoms. The molecule has 0 saturated carbocycles. The summed E-state index contributed by atoms with van der Waals surface area (Å²) < 4.78 is 0. The Bertz CT molecular complexity index is 400. The molecule has 2 N–H and O–H groups in total. The molecule has 0 bridgehead atoms. The van der Waals surface area contributed by atoms with Gasteiger partial charge in [0.05, 0.1) is 0 Å². The van der Waals surface area contributed by atoms with Crippen molar-refractivity contribution in [2.45, 2.75) is 46.2 Å². The molecule has 0 amide bonds. The van der Waals surface area contributed by atoms with E-state index in [2.05, 4.69) is 43.9 Å². The first kappa shape index (κ1) is 13.6. The smallest absolute Gasteiger partial charge is 0.0236 e. The van der Waals surface area contributed by atoms with Crippen LogP contribution >= 0.6 is 0 Å². The average molecular weight is 246 g/mol. The van der Waals surface area contributed by atoms with Crippen molar-refractivity contribution in [1.29, 1.82) is 0 Å². The van der Waals surface area contributed by atoms with Crippen LogP contribution in [0, 0.1) is 19.8 Å². The number of nitrogens with two attached hydrogens (primary N) is 1. The molecule has 1 aromatic rings. The molecule has 1 fully saturated rings. The van der Waals surface area contributed by atoms with Crippen LogP contribution in [0.15, 0.2) is 18.2 Å². The van der Waals surface area contributed by atoms with Crippen molar-refractivity contribution in [1.82, 2.24) is 4.90 Å². The van der Waals surface area contributed by atoms with Gasteiger partial charge in [0, 0.05) is 19.1 Å². The predicted octanol–water partition coefficient (Wildman–Crippen LogP) is 2.86. The predicted molar refractivity (Wildman–Crippen MR) is 77.6 cm³/mol. The third kappa shape index (κ3) is 3.12. The Morgan fingerprint density at radius 1 is 1.33 bits per heavy atom. The summed E-state index contributed by atoms with van der Waals surface area (Å²) >= 11 is 0. The lowest BCUT2D eigenvalue weighted by atomic mass is 9.90. The topological polar surface area (TPSA) is 29.3 Å². The maximum absolute atomic E-state index is 6.17. The van der Waals surface area contributed by atoms with E-state index in [1.807, 2.05) is 0 Å². The van der Waals surface area contributed by atoms with Gasteiger partial charge in [-0.2, -0.15) is 0 Å². The van der Waals surface area contributed by atoms with Gasteiger partial charge < -0.3 is 5.73 Å². The first-order valence-corrected chi connectivity index (χ1v) is 7.14. The van der Waals surface area contributed by atoms with Gasteiger partial charge in [0.2, 0.25) is 0 Å². The van der Waals surface area contributed by atoms with Crippen molar-refractivity contribution in [3.05, 3.63) is 34.9 Å². The van der Waals surface area contributed by atoms with Crippen molar-refractivity contribution in [2.24, 2.45) is 11.7 Å². The summed E-state index contributed by atoms with van der Waals surface area (Å²) in [6.07, 6.45) is 2.34. The third-order valence-electron chi connectivity index (χ3n) is 4.29. The van der Waals surface area contributed by atoms with Gasteiger partial charge in [0.15, 0.2) is 0 Å². The van der Waals surface area contributed by atoms with Crippen molar-refractivity contribution in [2.75, 3.05) is 13.1 Å². The molecule has 2 atom stereocenters. The van der Waals surface area contributed by atoms with Crippen molar-refractivity contribution in [3.63, 3.8) is 0 Å². The zero-order chi connectivity index (χ0) is 13.1. The van der Waals surface area contributed by atoms with Crippen LogP contribution in [-0.4, -0.2) is 24.0 Å². The molecule has 0 aromatic heterocycles. The molecule has 1 aliphatic heterocycles. The van der Waals surface area contributed by atoms with E-state index in [0.29, 0.717) is 12.0 Å². The number of hydrogen-bond donors (Lipinski definition) is 1. The van der Waals surface area contributed by atoms with Gasteiger partial charge in [-0.3, -0.25) is 4.90 Å². The standard InChI is InChI=1S/C16H26N2/c1-4-14-10-18(8-7-16(14)17)11-15-6-5-12(2)9-13(15)3/h5-6,9,14,16H,4,7-8,10-11,17H2,1-3H3. The summed E-state index contributed by atoms with van der Waals surface area (Å²) in [5, 5.41) is 0. The average Bonchev–Trinajstić information content (AvgIpc) is 2.35. The fourth-order valence-electron chi connectivity index (χ4n) is 2.97. The zero-order valence-corrected chi connectivity index (χ0v) is 11.9. The van der Waals surface area contributed by atoms with Crippen LogP contribution < -0.4 is 5.73 Å². The van der Waals surface area contributed by atoms with E-state index in [9.17, 15) is 0 Å². The highest BCUT2D eigenvalue weighted by atomic mass is 15.1. The maximum Gasteiger partial charge on any atom is 0.0236 e. The third-order valence-corrected chi connectivity index (χ3v) is 4.29. The van der Waals surface area contributed by atoms with Gasteiger partial charge in [0.1, 0.15) is 0 Å². The highest BCUT2D eigenvalue weighted by molar-refractivity contribution is 5.30. The molecular formula is C16H26N2. The monoisotopic (exact) mass is 246 g/mol. The Balaban J connectivity index is 2.01. The lowest BCUT2D eigenvalue weighted by Gasteiger charge is -2.36. The lowest BCUT2D eigenvalue weighted by Crippen LogP contribution is -2.46. The SMILES string of the molecule is CCC1CN(Cc2ccc(C)cc2C)CCC1N. The molecule has 1 saturated heterocycles. The van der Waals surface area contributed by atoms with E-state index in [1.54, 1.807) is 0 Å². The molecule has 2 unspecified atom stereocenters. The molecule has 1 heterocycles. The van der Waals surface area contributed by atoms with E-state index in [4.69, 9.17) is 5.73 Å². The molecule has 1 aromatic carbocycles. The summed E-state index contributed by atoms with van der Waals surface area (Å²) in [6, 6.07) is 7.18. The van der Waals surface area contributed by atoms with Gasteiger partial charge in [-0.25, -0.2) is 0 Å². The number of rotatable bonds is 3. The minimum absolute atomic E-state index is 0.408. The summed E-state index contributed by atoms with van der Waals surface area (Å²) in [4.78, 5) is 2.56. The fraction of sp³-hybridized carbons (Fsp3) is 0.625. The summed E-state index contributed by atoms with van der Waals surface area (Å²) in [7, 11) is 0. The normalized spacial score (nSPS) is 25.3. The van der Waals surface area contributed by atoms with Crippen LogP contribution in [0.5, 0.6) is 0 Å². The number of hydrogen-bond acceptors (Lipinski definition) is 2. The molecule has 2 rings (SSSR count). The Hall–Kier alpha value is -0.860. The molecule has 0 aliphatic carbocycles. The lowest BCUT2D eigenvalue weighted by molar-refractivity contribution is 0.145. The van der Waals surface area contributed by atoms with E-state index in [0.717, 1.165) is 26.1 Å². The first-order chi connectivity index (χ1) is 8.60. The number of nitrogens with zero attached hydrogens (tertiary/aromatic N) is 1. The van der Waals surface area contributed by atoms with Crippen LogP contribution in [0.2, 0.25) is 0 Å². The Morgan fingerprint density at radius 3 is 2.78 bits per heavy atom. The van der Waals surface area contributed by atoms with Crippen molar-refractivity contribution >= 4 is 0 Å². The zero-order valence-electron chi connectivity index (χ0n) is 11.9. The minimum atomic E-state index is 0.408. The Kier molecular flexibility index (Phi) is 4.41. The largest absolute Gasteiger partial charge is 0.327 e. The van der Waals surface area contributed by atoms with E-state index in [-0.39, 0.29) is 0 Å². The van der Waals surface area contributed by atoms with Crippen LogP contribution in [0.1, 0.15) is 36.5 Å². The summed E-state index contributed by atoms with van der Waals surface area (Å²) in [5.41, 5.74) is 10.4. The molecule has 100 valence electrons. The first-order valence-electron chi connectivity index (χ1n) is 7.14. The molecular weight excluding hydrogens is 220 g/mol. The van der Waals surface area contributed by atoms with Crippen LogP contribution in [0.25, 0.3) is 0 Å². The van der Waals surface area contributed by atoms with Crippen LogP contribution in [0.4, 0.5) is 0 Å². The van der Waals surface area contributed by atoms with Gasteiger partial charge >= 0.3 is 0 Å². The van der Waals surface area contributed by atoms with Gasteiger partial charge in [-0.15, -0.1) is 0 Å². The summed E-state index contributed by atoms with van der Waals surface area (Å²) in [6.45, 7) is 10.0. The Morgan fingerprint density at radius 2 is 2.11 bits per heavy atom. The van der Waals surface area contributed by atoms with Gasteiger partial charge in [0.25, 0.3) is 0 Å². The second kappa shape index (κ2) is 5.85. The Labute approximate surface area is 111 Å².